The average molecular weight is 958 g/mol. The summed E-state index contributed by atoms with van der Waals surface area (Å²) < 4.78 is 36.2. The number of aromatic nitrogens is 1. The van der Waals surface area contributed by atoms with Crippen molar-refractivity contribution in [2.75, 3.05) is 122 Å². The molecule has 2 fully saturated rings. The maximum atomic E-state index is 13.9. The van der Waals surface area contributed by atoms with Crippen molar-refractivity contribution in [3.8, 4) is 0 Å². The fourth-order valence-corrected chi connectivity index (χ4v) is 8.67. The number of hydrogen-bond donors (Lipinski definition) is 6. The number of nitrogens with zero attached hydrogens (tertiary/aromatic N) is 3. The van der Waals surface area contributed by atoms with Gasteiger partial charge in [0.2, 0.25) is 17.7 Å². The van der Waals surface area contributed by atoms with Gasteiger partial charge in [-0.1, -0.05) is 6.07 Å². The van der Waals surface area contributed by atoms with Gasteiger partial charge in [-0.3, -0.25) is 48.7 Å². The molecule has 0 radical (unpaired) electrons. The van der Waals surface area contributed by atoms with E-state index in [9.17, 15) is 38.0 Å². The maximum Gasteiger partial charge on any atom is 0.264 e. The van der Waals surface area contributed by atoms with Crippen LogP contribution in [-0.2, 0) is 38.1 Å². The van der Waals surface area contributed by atoms with Gasteiger partial charge in [0.25, 0.3) is 23.6 Å². The minimum atomic E-state index is -1.03. The van der Waals surface area contributed by atoms with Crippen molar-refractivity contribution in [1.82, 2.24) is 35.6 Å². The summed E-state index contributed by atoms with van der Waals surface area (Å²) in [5, 5.41) is 14.0. The molecule has 1 unspecified atom stereocenters. The van der Waals surface area contributed by atoms with E-state index in [0.29, 0.717) is 124 Å². The Labute approximate surface area is 398 Å². The zero-order chi connectivity index (χ0) is 48.9. The largest absolute Gasteiger partial charge is 0.382 e. The molecule has 69 heavy (non-hydrogen) atoms. The molecule has 21 heteroatoms. The monoisotopic (exact) mass is 957 g/mol. The highest BCUT2D eigenvalue weighted by atomic mass is 19.1. The van der Waals surface area contributed by atoms with Gasteiger partial charge in [-0.05, 0) is 75.2 Å². The van der Waals surface area contributed by atoms with Crippen LogP contribution in [0.5, 0.6) is 0 Å². The van der Waals surface area contributed by atoms with E-state index in [2.05, 4.69) is 41.4 Å². The first-order chi connectivity index (χ1) is 33.4. The van der Waals surface area contributed by atoms with E-state index in [4.69, 9.17) is 18.9 Å². The van der Waals surface area contributed by atoms with Crippen LogP contribution in [0.2, 0.25) is 0 Å². The molecule has 4 aliphatic rings. The number of H-pyrrole nitrogens is 1. The lowest BCUT2D eigenvalue weighted by atomic mass is 10.0. The summed E-state index contributed by atoms with van der Waals surface area (Å²) in [6.45, 7) is 12.1. The molecule has 7 rings (SSSR count). The van der Waals surface area contributed by atoms with Crippen LogP contribution in [0.15, 0.2) is 36.4 Å². The Hall–Kier alpha value is -6.36. The molecule has 5 heterocycles. The lowest BCUT2D eigenvalue weighted by Gasteiger charge is -2.34. The van der Waals surface area contributed by atoms with Crippen LogP contribution in [0.25, 0.3) is 11.6 Å². The van der Waals surface area contributed by atoms with Crippen LogP contribution >= 0.6 is 0 Å². The lowest BCUT2D eigenvalue weighted by Crippen LogP contribution is -2.54. The molecule has 7 amide bonds. The Morgan fingerprint density at radius 2 is 1.46 bits per heavy atom. The highest BCUT2D eigenvalue weighted by Gasteiger charge is 2.45. The van der Waals surface area contributed by atoms with Crippen LogP contribution in [-0.4, -0.2) is 179 Å². The molecule has 0 spiro atoms. The molecule has 3 aromatic rings. The summed E-state index contributed by atoms with van der Waals surface area (Å²) in [4.78, 5) is 97.0. The van der Waals surface area contributed by atoms with Crippen LogP contribution < -0.4 is 26.6 Å². The van der Waals surface area contributed by atoms with Gasteiger partial charge in [0, 0.05) is 80.6 Å². The minimum absolute atomic E-state index is 0.0524. The van der Waals surface area contributed by atoms with E-state index in [1.54, 1.807) is 24.3 Å². The van der Waals surface area contributed by atoms with E-state index < -0.39 is 35.5 Å². The average Bonchev–Trinajstić information content (AvgIpc) is 3.89. The number of fused-ring (bicyclic) bond motifs is 2. The first-order valence-corrected chi connectivity index (χ1v) is 23.3. The van der Waals surface area contributed by atoms with Crippen molar-refractivity contribution < 1.29 is 56.9 Å². The van der Waals surface area contributed by atoms with Crippen LogP contribution in [0, 0.1) is 19.7 Å². The summed E-state index contributed by atoms with van der Waals surface area (Å²) in [5.74, 6) is -3.24. The Bertz CT molecular complexity index is 2430. The number of aryl methyl sites for hydroxylation is 1. The number of ether oxygens (including phenoxy) is 4. The molecule has 2 aromatic carbocycles. The van der Waals surface area contributed by atoms with E-state index in [0.717, 1.165) is 44.0 Å². The van der Waals surface area contributed by atoms with Crippen molar-refractivity contribution in [3.05, 3.63) is 81.4 Å². The molecule has 1 atom stereocenters. The van der Waals surface area contributed by atoms with Gasteiger partial charge in [0.1, 0.15) is 11.9 Å². The first kappa shape index (κ1) is 50.5. The number of hydrogen-bond acceptors (Lipinski definition) is 14. The Kier molecular flexibility index (Phi) is 17.8. The van der Waals surface area contributed by atoms with Gasteiger partial charge in [-0.15, -0.1) is 0 Å². The van der Waals surface area contributed by atoms with Crippen molar-refractivity contribution in [1.29, 1.82) is 0 Å². The Balaban J connectivity index is 0.652. The number of amides is 7. The Morgan fingerprint density at radius 3 is 2.17 bits per heavy atom. The third-order valence-electron chi connectivity index (χ3n) is 12.2. The van der Waals surface area contributed by atoms with Gasteiger partial charge in [-0.2, -0.15) is 0 Å². The molecule has 0 saturated carbocycles. The molecule has 0 aliphatic carbocycles. The van der Waals surface area contributed by atoms with Crippen LogP contribution in [0.3, 0.4) is 0 Å². The molecule has 2 saturated heterocycles. The number of aromatic amines is 1. The fourth-order valence-electron chi connectivity index (χ4n) is 8.67. The summed E-state index contributed by atoms with van der Waals surface area (Å²) >= 11 is 0. The highest BCUT2D eigenvalue weighted by molar-refractivity contribution is 6.35. The second kappa shape index (κ2) is 24.3. The summed E-state index contributed by atoms with van der Waals surface area (Å²) in [7, 11) is 0. The normalized spacial score (nSPS) is 17.8. The number of rotatable bonds is 25. The minimum Gasteiger partial charge on any atom is -0.382 e. The number of carbonyl (C=O) groups excluding carboxylic acids is 7. The van der Waals surface area contributed by atoms with Crippen LogP contribution in [0.4, 0.5) is 15.8 Å². The number of piperazine rings is 1. The standard InChI is InChI=1S/C48H60FN9O11/c1-30-38(28-35-34-27-32(49)7-8-36(34)54-44(35)61)53-31(2)42(30)46(63)52-11-4-14-56-15-17-57(18-16-56)29-41(60)51-13-20-67-22-24-69-26-25-68-23-21-66-19-12-50-37-6-3-5-33-43(37)48(65)58(47(33)64)39-9-10-40(59)55-45(39)62/h3,5-8,27-28,39,50,53H,4,9-26,29H2,1-2H3,(H,51,60)(H,52,63)(H,54,61)(H,55,59,62)/b35-28-. The predicted molar refractivity (Wildman–Crippen MR) is 251 cm³/mol. The molecule has 1 aromatic heterocycles. The van der Waals surface area contributed by atoms with E-state index >= 15 is 0 Å². The first-order valence-electron chi connectivity index (χ1n) is 23.3. The molecule has 370 valence electrons. The summed E-state index contributed by atoms with van der Waals surface area (Å²) in [5.41, 5.74) is 4.75. The SMILES string of the molecule is Cc1[nH]c(/C=C2\C(=O)Nc3ccc(F)cc32)c(C)c1C(=O)NCCCN1CCN(CC(=O)NCCOCCOCCOCCOCCNc2cccc3c2C(=O)N(C2CCC(=O)NC2=O)C3=O)CC1. The number of imide groups is 2. The maximum absolute atomic E-state index is 13.9. The van der Waals surface area contributed by atoms with Gasteiger partial charge < -0.3 is 50.1 Å². The molecule has 4 aliphatic heterocycles. The fraction of sp³-hybridized carbons (Fsp3) is 0.479. The van der Waals surface area contributed by atoms with E-state index in [1.165, 1.54) is 18.2 Å². The quantitative estimate of drug-likeness (QED) is 0.0403. The van der Waals surface area contributed by atoms with Gasteiger partial charge >= 0.3 is 0 Å². The van der Waals surface area contributed by atoms with E-state index in [-0.39, 0.29) is 41.7 Å². The third-order valence-corrected chi connectivity index (χ3v) is 12.2. The van der Waals surface area contributed by atoms with Crippen molar-refractivity contribution in [3.63, 3.8) is 0 Å². The second-order valence-corrected chi connectivity index (χ2v) is 17.0. The number of nitrogens with one attached hydrogen (secondary N) is 6. The zero-order valence-electron chi connectivity index (χ0n) is 39.0. The van der Waals surface area contributed by atoms with Crippen molar-refractivity contribution in [2.24, 2.45) is 0 Å². The van der Waals surface area contributed by atoms with Crippen LogP contribution in [0.1, 0.15) is 72.9 Å². The zero-order valence-corrected chi connectivity index (χ0v) is 39.0. The number of anilines is 2. The Morgan fingerprint density at radius 1 is 0.783 bits per heavy atom. The van der Waals surface area contributed by atoms with Gasteiger partial charge in [-0.25, -0.2) is 4.39 Å². The molecule has 0 bridgehead atoms. The lowest BCUT2D eigenvalue weighted by molar-refractivity contribution is -0.136. The highest BCUT2D eigenvalue weighted by Crippen LogP contribution is 2.35. The third kappa shape index (κ3) is 13.0. The molecule has 20 nitrogen and oxygen atoms in total. The molecule has 6 N–H and O–H groups in total. The molecular formula is C48H60FN9O11. The predicted octanol–water partition coefficient (Wildman–Crippen LogP) is 1.70. The smallest absolute Gasteiger partial charge is 0.264 e. The second-order valence-electron chi connectivity index (χ2n) is 17.0. The summed E-state index contributed by atoms with van der Waals surface area (Å²) in [6, 6.07) is 8.01. The van der Waals surface area contributed by atoms with Crippen molar-refractivity contribution >= 4 is 64.4 Å². The summed E-state index contributed by atoms with van der Waals surface area (Å²) in [6.07, 6.45) is 2.56. The number of halogens is 1. The number of piperidine rings is 1. The van der Waals surface area contributed by atoms with Gasteiger partial charge in [0.15, 0.2) is 0 Å². The van der Waals surface area contributed by atoms with E-state index in [1.807, 2.05) is 13.8 Å². The topological polar surface area (TPSA) is 242 Å². The number of carbonyl (C=O) groups is 7. The van der Waals surface area contributed by atoms with Gasteiger partial charge in [0.05, 0.1) is 81.7 Å². The number of benzene rings is 2. The van der Waals surface area contributed by atoms with Crippen molar-refractivity contribution in [2.45, 2.75) is 39.2 Å². The molecular weight excluding hydrogens is 898 g/mol.